The first-order chi connectivity index (χ1) is 25.5. The molecule has 2 heterocycles. The van der Waals surface area contributed by atoms with Crippen molar-refractivity contribution in [2.24, 2.45) is 29.6 Å². The fourth-order valence-corrected chi connectivity index (χ4v) is 11.9. The SMILES string of the molecule is COc1cc([C@@H](O)[C@H]2C(=O)O[C@@H](O[C@@H]3C[C@H](C)CC[C@H]3C(C)C)[C@@H]2C2(c3ccc(O)c(O)c3OC)SCCCS2)cc(OC)c1OCc1ccccc1. The quantitative estimate of drug-likeness (QED) is 0.115. The van der Waals surface area contributed by atoms with Crippen LogP contribution in [0.15, 0.2) is 54.6 Å². The highest BCUT2D eigenvalue weighted by Gasteiger charge is 2.62. The van der Waals surface area contributed by atoms with Gasteiger partial charge in [0.05, 0.1) is 49.5 Å². The van der Waals surface area contributed by atoms with Crippen LogP contribution in [0.3, 0.4) is 0 Å². The maximum atomic E-state index is 14.4. The van der Waals surface area contributed by atoms with Gasteiger partial charge >= 0.3 is 5.97 Å². The number of carbonyl (C=O) groups is 1. The molecule has 3 aliphatic rings. The number of aromatic hydroxyl groups is 2. The van der Waals surface area contributed by atoms with Crippen molar-refractivity contribution in [3.63, 3.8) is 0 Å². The van der Waals surface area contributed by atoms with E-state index in [1.807, 2.05) is 30.3 Å². The Hall–Kier alpha value is -3.45. The zero-order chi connectivity index (χ0) is 37.9. The van der Waals surface area contributed by atoms with Gasteiger partial charge in [-0.3, -0.25) is 4.79 Å². The molecule has 0 unspecified atom stereocenters. The molecule has 1 saturated carbocycles. The van der Waals surface area contributed by atoms with E-state index in [1.165, 1.54) is 27.4 Å². The van der Waals surface area contributed by atoms with Crippen molar-refractivity contribution in [2.75, 3.05) is 32.8 Å². The van der Waals surface area contributed by atoms with Gasteiger partial charge in [0, 0.05) is 5.56 Å². The fourth-order valence-electron chi connectivity index (χ4n) is 8.15. The van der Waals surface area contributed by atoms with Crippen LogP contribution in [0.25, 0.3) is 0 Å². The van der Waals surface area contributed by atoms with E-state index >= 15 is 0 Å². The molecule has 12 heteroatoms. The average Bonchev–Trinajstić information content (AvgIpc) is 3.50. The number of hydrogen-bond acceptors (Lipinski definition) is 12. The molecule has 3 aromatic carbocycles. The molecule has 6 rings (SSSR count). The Morgan fingerprint density at radius 3 is 2.23 bits per heavy atom. The summed E-state index contributed by atoms with van der Waals surface area (Å²) in [6, 6.07) is 16.2. The van der Waals surface area contributed by atoms with Gasteiger partial charge in [-0.25, -0.2) is 0 Å². The summed E-state index contributed by atoms with van der Waals surface area (Å²) in [6.45, 7) is 6.90. The summed E-state index contributed by atoms with van der Waals surface area (Å²) >= 11 is 3.23. The first-order valence-corrected chi connectivity index (χ1v) is 20.3. The Kier molecular flexibility index (Phi) is 12.5. The fraction of sp³-hybridized carbons (Fsp3) is 0.537. The van der Waals surface area contributed by atoms with Crippen LogP contribution in [0.4, 0.5) is 0 Å². The summed E-state index contributed by atoms with van der Waals surface area (Å²) in [5, 5.41) is 34.1. The van der Waals surface area contributed by atoms with E-state index in [1.54, 1.807) is 41.7 Å². The maximum Gasteiger partial charge on any atom is 0.314 e. The highest BCUT2D eigenvalue weighted by molar-refractivity contribution is 8.18. The number of esters is 1. The predicted molar refractivity (Wildman–Crippen MR) is 206 cm³/mol. The number of benzene rings is 3. The lowest BCUT2D eigenvalue weighted by molar-refractivity contribution is -0.197. The lowest BCUT2D eigenvalue weighted by Gasteiger charge is -2.46. The lowest BCUT2D eigenvalue weighted by Crippen LogP contribution is -2.46. The third-order valence-electron chi connectivity index (χ3n) is 10.9. The normalized spacial score (nSPS) is 26.2. The van der Waals surface area contributed by atoms with Crippen LogP contribution in [-0.4, -0.2) is 66.5 Å². The van der Waals surface area contributed by atoms with E-state index in [9.17, 15) is 20.1 Å². The molecule has 0 amide bonds. The van der Waals surface area contributed by atoms with Gasteiger partial charge in [-0.15, -0.1) is 23.5 Å². The van der Waals surface area contributed by atoms with E-state index in [-0.39, 0.29) is 30.1 Å². The summed E-state index contributed by atoms with van der Waals surface area (Å²) in [5.74, 6) is 0.515. The number of phenols is 2. The van der Waals surface area contributed by atoms with E-state index in [4.69, 9.17) is 28.4 Å². The van der Waals surface area contributed by atoms with Crippen LogP contribution in [0.1, 0.15) is 69.2 Å². The van der Waals surface area contributed by atoms with Crippen LogP contribution in [0.2, 0.25) is 0 Å². The number of cyclic esters (lactones) is 1. The van der Waals surface area contributed by atoms with Crippen LogP contribution < -0.4 is 18.9 Å². The van der Waals surface area contributed by atoms with Crippen molar-refractivity contribution in [3.8, 4) is 34.5 Å². The Bertz CT molecular complexity index is 1690. The monoisotopic (exact) mass is 768 g/mol. The number of rotatable bonds is 13. The number of methoxy groups -OCH3 is 3. The van der Waals surface area contributed by atoms with Crippen molar-refractivity contribution >= 4 is 29.5 Å². The van der Waals surface area contributed by atoms with Crippen LogP contribution in [-0.2, 0) is 25.0 Å². The molecule has 0 spiro atoms. The summed E-state index contributed by atoms with van der Waals surface area (Å²) in [4.78, 5) is 14.4. The molecular formula is C41H52O10S2. The number of carbonyl (C=O) groups excluding carboxylic acids is 1. The van der Waals surface area contributed by atoms with Crippen LogP contribution in [0.5, 0.6) is 34.5 Å². The van der Waals surface area contributed by atoms with Crippen LogP contribution in [0, 0.1) is 29.6 Å². The largest absolute Gasteiger partial charge is 0.504 e. The average molecular weight is 769 g/mol. The highest BCUT2D eigenvalue weighted by atomic mass is 32.2. The van der Waals surface area contributed by atoms with Gasteiger partial charge in [0.1, 0.15) is 6.61 Å². The second-order valence-electron chi connectivity index (χ2n) is 14.6. The second-order valence-corrected chi connectivity index (χ2v) is 17.5. The molecule has 0 radical (unpaired) electrons. The van der Waals surface area contributed by atoms with Crippen molar-refractivity contribution in [2.45, 2.75) is 75.6 Å². The molecule has 3 aromatic rings. The third kappa shape index (κ3) is 7.88. The number of phenolic OH excluding ortho intramolecular Hbond substituents is 2. The Morgan fingerprint density at radius 2 is 1.60 bits per heavy atom. The van der Waals surface area contributed by atoms with Gasteiger partial charge in [0.15, 0.2) is 23.0 Å². The van der Waals surface area contributed by atoms with Gasteiger partial charge < -0.3 is 43.7 Å². The van der Waals surface area contributed by atoms with E-state index in [0.29, 0.717) is 40.2 Å². The molecule has 2 aliphatic heterocycles. The number of hydrogen-bond donors (Lipinski definition) is 3. The highest BCUT2D eigenvalue weighted by Crippen LogP contribution is 2.65. The van der Waals surface area contributed by atoms with Crippen molar-refractivity contribution < 1.29 is 48.5 Å². The van der Waals surface area contributed by atoms with Gasteiger partial charge in [0.2, 0.25) is 17.8 Å². The minimum Gasteiger partial charge on any atom is -0.504 e. The minimum absolute atomic E-state index is 0.104. The van der Waals surface area contributed by atoms with E-state index in [0.717, 1.165) is 42.8 Å². The molecule has 2 saturated heterocycles. The Balaban J connectivity index is 1.46. The second kappa shape index (κ2) is 16.9. The van der Waals surface area contributed by atoms with Gasteiger partial charge in [-0.1, -0.05) is 57.5 Å². The molecular weight excluding hydrogens is 717 g/mol. The first kappa shape index (κ1) is 39.2. The zero-order valence-electron chi connectivity index (χ0n) is 31.3. The molecule has 0 bridgehead atoms. The summed E-state index contributed by atoms with van der Waals surface area (Å²) in [5.41, 5.74) is 1.92. The van der Waals surface area contributed by atoms with Gasteiger partial charge in [-0.2, -0.15) is 0 Å². The third-order valence-corrected chi connectivity index (χ3v) is 14.4. The molecule has 1 aliphatic carbocycles. The minimum atomic E-state index is -1.38. The Morgan fingerprint density at radius 1 is 0.925 bits per heavy atom. The lowest BCUT2D eigenvalue weighted by atomic mass is 9.75. The van der Waals surface area contributed by atoms with Crippen molar-refractivity contribution in [3.05, 3.63) is 71.3 Å². The molecule has 10 nitrogen and oxygen atoms in total. The maximum absolute atomic E-state index is 14.4. The summed E-state index contributed by atoms with van der Waals surface area (Å²) in [7, 11) is 4.47. The number of aliphatic hydroxyl groups is 1. The molecule has 7 atom stereocenters. The summed E-state index contributed by atoms with van der Waals surface area (Å²) < 4.78 is 35.8. The first-order valence-electron chi connectivity index (χ1n) is 18.4. The van der Waals surface area contributed by atoms with Crippen LogP contribution >= 0.6 is 23.5 Å². The molecule has 53 heavy (non-hydrogen) atoms. The number of ether oxygens (including phenoxy) is 6. The van der Waals surface area contributed by atoms with Gasteiger partial charge in [-0.05, 0) is 83.9 Å². The van der Waals surface area contributed by atoms with Crippen molar-refractivity contribution in [1.29, 1.82) is 0 Å². The predicted octanol–water partition coefficient (Wildman–Crippen LogP) is 8.05. The molecule has 0 aromatic heterocycles. The topological polar surface area (TPSA) is 133 Å². The van der Waals surface area contributed by atoms with Gasteiger partial charge in [0.25, 0.3) is 0 Å². The number of thioether (sulfide) groups is 2. The molecule has 3 fully saturated rings. The molecule has 3 N–H and O–H groups in total. The Labute approximate surface area is 320 Å². The zero-order valence-corrected chi connectivity index (χ0v) is 32.9. The standard InChI is InChI=1S/C41H52O10S2/c1-23(2)27-14-13-24(3)19-30(27)50-40-34(41(52-17-10-18-53-41)28-15-16-29(42)36(44)37(28)48-6)33(39(45)51-40)35(43)26-20-31(46-4)38(32(21-26)47-5)49-22-25-11-8-7-9-12-25/h7-9,11-12,15-16,20-21,23-24,27,30,33-35,40,42-44H,10,13-14,17-19,22H2,1-6H3/t24-,27+,30-,33+,34-,35-,40-/m1/s1. The summed E-state index contributed by atoms with van der Waals surface area (Å²) in [6.07, 6.45) is 1.29. The van der Waals surface area contributed by atoms with E-state index in [2.05, 4.69) is 20.8 Å². The van der Waals surface area contributed by atoms with Crippen molar-refractivity contribution in [1.82, 2.24) is 0 Å². The molecule has 288 valence electrons. The smallest absolute Gasteiger partial charge is 0.314 e. The number of aliphatic hydroxyl groups excluding tert-OH is 1. The van der Waals surface area contributed by atoms with E-state index < -0.39 is 40.0 Å².